The van der Waals surface area contributed by atoms with Crippen LogP contribution in [0.15, 0.2) is 30.3 Å². The fourth-order valence-corrected chi connectivity index (χ4v) is 3.84. The van der Waals surface area contributed by atoms with Gasteiger partial charge in [-0.25, -0.2) is 18.0 Å². The molecule has 27 heavy (non-hydrogen) atoms. The Kier molecular flexibility index (Phi) is 6.88. The van der Waals surface area contributed by atoms with Gasteiger partial charge in [-0.2, -0.15) is 0 Å². The Morgan fingerprint density at radius 1 is 1.19 bits per heavy atom. The van der Waals surface area contributed by atoms with Gasteiger partial charge in [-0.1, -0.05) is 6.92 Å². The van der Waals surface area contributed by atoms with Crippen LogP contribution in [-0.2, 0) is 16.8 Å². The van der Waals surface area contributed by atoms with Crippen molar-refractivity contribution in [1.29, 1.82) is 0 Å². The average Bonchev–Trinajstić information content (AvgIpc) is 2.59. The first kappa shape index (κ1) is 21.2. The van der Waals surface area contributed by atoms with Gasteiger partial charge in [0.25, 0.3) is 0 Å². The van der Waals surface area contributed by atoms with Crippen LogP contribution in [0.25, 0.3) is 20.8 Å². The number of rotatable bonds is 3. The zero-order valence-electron chi connectivity index (χ0n) is 15.5. The molecule has 1 aromatic carbocycles. The highest BCUT2D eigenvalue weighted by Crippen LogP contribution is 2.31. The summed E-state index contributed by atoms with van der Waals surface area (Å²) in [6.07, 6.45) is 0.938. The smallest absolute Gasteiger partial charge is 0.215 e. The summed E-state index contributed by atoms with van der Waals surface area (Å²) < 4.78 is 36.3. The fraction of sp³-hybridized carbons (Fsp3) is 0.333. The van der Waals surface area contributed by atoms with Crippen molar-refractivity contribution in [3.05, 3.63) is 41.3 Å². The van der Waals surface area contributed by atoms with Gasteiger partial charge >= 0.3 is 0 Å². The lowest BCUT2D eigenvalue weighted by Gasteiger charge is -2.09. The first-order valence-electron chi connectivity index (χ1n) is 8.55. The quantitative estimate of drug-likeness (QED) is 0.225. The van der Waals surface area contributed by atoms with E-state index in [4.69, 9.17) is 28.2 Å². The van der Waals surface area contributed by atoms with Crippen molar-refractivity contribution in [3.63, 3.8) is 0 Å². The normalized spacial score (nSPS) is 11.3. The van der Waals surface area contributed by atoms with Crippen LogP contribution >= 0.6 is 11.3 Å². The van der Waals surface area contributed by atoms with E-state index in [0.29, 0.717) is 0 Å². The van der Waals surface area contributed by atoms with Crippen molar-refractivity contribution in [2.75, 3.05) is 18.8 Å². The van der Waals surface area contributed by atoms with Crippen LogP contribution in [0, 0.1) is 0 Å². The third-order valence-electron chi connectivity index (χ3n) is 4.13. The van der Waals surface area contributed by atoms with Crippen molar-refractivity contribution in [2.45, 2.75) is 27.2 Å². The maximum Gasteiger partial charge on any atom is 0.215 e. The van der Waals surface area contributed by atoms with E-state index < -0.39 is 10.4 Å². The lowest BCUT2D eigenvalue weighted by atomic mass is 10.1. The summed E-state index contributed by atoms with van der Waals surface area (Å²) in [5.41, 5.74) is 10.3. The minimum atomic E-state index is -4.92. The molecule has 1 aromatic rings. The molecular formula is C18H23N3O4S2. The topological polar surface area (TPSA) is 119 Å². The molecule has 0 aromatic heterocycles. The predicted molar refractivity (Wildman–Crippen MR) is 109 cm³/mol. The predicted octanol–water partition coefficient (Wildman–Crippen LogP) is 2.36. The lowest BCUT2D eigenvalue weighted by Crippen LogP contribution is -2.29. The molecule has 9 heteroatoms. The van der Waals surface area contributed by atoms with Crippen molar-refractivity contribution in [3.8, 4) is 10.6 Å². The van der Waals surface area contributed by atoms with E-state index in [-0.39, 0.29) is 0 Å². The highest BCUT2D eigenvalue weighted by molar-refractivity contribution is 7.79. The summed E-state index contributed by atoms with van der Waals surface area (Å²) in [4.78, 5) is 6.02. The molecule has 0 bridgehead atoms. The van der Waals surface area contributed by atoms with Gasteiger partial charge in [0.1, 0.15) is 13.1 Å². The van der Waals surface area contributed by atoms with Crippen molar-refractivity contribution in [1.82, 2.24) is 9.56 Å². The number of hydrogen-bond donors (Lipinski definition) is 2. The first-order valence-corrected chi connectivity index (χ1v) is 10.7. The minimum absolute atomic E-state index is 0.868. The number of nitrogen functional groups attached to an aromatic ring is 1. The Morgan fingerprint density at radius 3 is 2.37 bits per heavy atom. The molecule has 0 fully saturated rings. The van der Waals surface area contributed by atoms with Crippen molar-refractivity contribution in [2.24, 2.45) is 0 Å². The second-order valence-corrected chi connectivity index (χ2v) is 7.78. The second-order valence-electron chi connectivity index (χ2n) is 5.84. The van der Waals surface area contributed by atoms with E-state index in [1.54, 1.807) is 11.3 Å². The third-order valence-corrected chi connectivity index (χ3v) is 5.23. The number of nitrogens with two attached hydrogens (primary N) is 1. The van der Waals surface area contributed by atoms with Gasteiger partial charge in [0.2, 0.25) is 15.8 Å². The number of aromatic nitrogens is 1. The Balaban J connectivity index is 0.000000465. The largest absolute Gasteiger partial charge is 0.726 e. The molecule has 0 saturated carbocycles. The monoisotopic (exact) mass is 409 g/mol. The van der Waals surface area contributed by atoms with Crippen LogP contribution in [0.1, 0.15) is 26.3 Å². The van der Waals surface area contributed by atoms with Crippen molar-refractivity contribution >= 4 is 37.6 Å². The van der Waals surface area contributed by atoms with Gasteiger partial charge < -0.3 is 10.3 Å². The molecule has 7 nitrogen and oxygen atoms in total. The maximum atomic E-state index is 8.63. The van der Waals surface area contributed by atoms with Crippen LogP contribution in [0.3, 0.4) is 0 Å². The standard InChI is InChI=1S/C18H21N3S.H2O4S/c1-4-12-9-16-18(11-14(12)19)22-17-10-13(21(5-2)6-3)7-8-15(17)20-16;1-5(2,3)4/h7-11,19H,4-6H2,1-3H3;(H2,1,2,3,4). The Labute approximate surface area is 162 Å². The van der Waals surface area contributed by atoms with E-state index >= 15 is 0 Å². The molecule has 146 valence electrons. The number of aryl methyl sites for hydroxylation is 1. The van der Waals surface area contributed by atoms with Gasteiger partial charge in [-0.05, 0) is 44.0 Å². The Morgan fingerprint density at radius 2 is 1.81 bits per heavy atom. The zero-order chi connectivity index (χ0) is 20.2. The van der Waals surface area contributed by atoms with Gasteiger partial charge in [-0.15, -0.1) is 11.3 Å². The van der Waals surface area contributed by atoms with E-state index in [2.05, 4.69) is 55.7 Å². The second kappa shape index (κ2) is 8.75. The third kappa shape index (κ3) is 5.70. The van der Waals surface area contributed by atoms with Gasteiger partial charge in [-0.3, -0.25) is 4.55 Å². The molecule has 0 amide bonds. The van der Waals surface area contributed by atoms with Gasteiger partial charge in [0.15, 0.2) is 0 Å². The van der Waals surface area contributed by atoms with Gasteiger partial charge in [0.05, 0.1) is 20.8 Å². The summed E-state index contributed by atoms with van der Waals surface area (Å²) >= 11 is 1.77. The van der Waals surface area contributed by atoms with E-state index in [1.807, 2.05) is 0 Å². The molecule has 0 saturated heterocycles. The van der Waals surface area contributed by atoms with Gasteiger partial charge in [0, 0.05) is 17.8 Å². The van der Waals surface area contributed by atoms with Crippen LogP contribution in [0.4, 0.5) is 5.69 Å². The molecule has 2 aliphatic rings. The van der Waals surface area contributed by atoms with Crippen LogP contribution in [0.2, 0.25) is 0 Å². The fourth-order valence-electron chi connectivity index (χ4n) is 2.81. The maximum absolute atomic E-state index is 8.63. The molecule has 1 aliphatic heterocycles. The molecule has 0 spiro atoms. The number of nitrogens with zero attached hydrogens (tertiary/aromatic N) is 2. The summed E-state index contributed by atoms with van der Waals surface area (Å²) in [5.74, 6) is 0. The SMILES string of the molecule is CCc1cc2nc3ccc(=[N+](CC)CC)cc-3sc2cc1N.O=S(=O)([O-])O. The minimum Gasteiger partial charge on any atom is -0.726 e. The van der Waals surface area contributed by atoms with Crippen LogP contribution in [0.5, 0.6) is 0 Å². The molecule has 3 N–H and O–H groups in total. The molecule has 0 atom stereocenters. The number of hydrogen-bond acceptors (Lipinski definition) is 6. The summed E-state index contributed by atoms with van der Waals surface area (Å²) in [7, 11) is -4.92. The molecule has 1 aliphatic carbocycles. The van der Waals surface area contributed by atoms with E-state index in [9.17, 15) is 0 Å². The lowest BCUT2D eigenvalue weighted by molar-refractivity contribution is 0.366. The first-order chi connectivity index (χ1) is 12.7. The Hall–Kier alpha value is -2.07. The summed E-state index contributed by atoms with van der Waals surface area (Å²) in [6, 6.07) is 10.7. The number of anilines is 1. The zero-order valence-corrected chi connectivity index (χ0v) is 17.1. The molecule has 3 rings (SSSR count). The van der Waals surface area contributed by atoms with E-state index in [0.717, 1.165) is 41.1 Å². The number of fused-ring (bicyclic) bond motifs is 2. The molecule has 1 heterocycles. The molecule has 0 unspecified atom stereocenters. The van der Waals surface area contributed by atoms with Crippen LogP contribution < -0.4 is 15.7 Å². The summed E-state index contributed by atoms with van der Waals surface area (Å²) in [6.45, 7) is 8.52. The van der Waals surface area contributed by atoms with Crippen molar-refractivity contribution < 1.29 is 17.5 Å². The number of benzene rings is 2. The highest BCUT2D eigenvalue weighted by Gasteiger charge is 2.11. The van der Waals surface area contributed by atoms with Crippen LogP contribution in [-0.4, -0.2) is 35.6 Å². The van der Waals surface area contributed by atoms with E-state index in [1.165, 1.54) is 15.8 Å². The molecular weight excluding hydrogens is 386 g/mol. The highest BCUT2D eigenvalue weighted by atomic mass is 32.3. The average molecular weight is 410 g/mol. The Bertz CT molecular complexity index is 1080. The molecule has 0 radical (unpaired) electrons. The summed E-state index contributed by atoms with van der Waals surface area (Å²) in [5, 5.41) is 1.26.